The summed E-state index contributed by atoms with van der Waals surface area (Å²) in [6.07, 6.45) is -0.439. The van der Waals surface area contributed by atoms with Crippen LogP contribution in [0.5, 0.6) is 0 Å². The molecule has 1 atom stereocenters. The van der Waals surface area contributed by atoms with Crippen molar-refractivity contribution < 1.29 is 14.4 Å². The van der Waals surface area contributed by atoms with Gasteiger partial charge in [0.25, 0.3) is 5.91 Å². The highest BCUT2D eigenvalue weighted by Gasteiger charge is 2.09. The fourth-order valence-corrected chi connectivity index (χ4v) is 1.57. The molecule has 0 aromatic carbocycles. The summed E-state index contributed by atoms with van der Waals surface area (Å²) in [5.41, 5.74) is 2.36. The molecule has 16 heavy (non-hydrogen) atoms. The highest BCUT2D eigenvalue weighted by molar-refractivity contribution is 7.12. The van der Waals surface area contributed by atoms with Crippen molar-refractivity contribution >= 4 is 17.2 Å². The van der Waals surface area contributed by atoms with Crippen molar-refractivity contribution in [2.24, 2.45) is 5.92 Å². The van der Waals surface area contributed by atoms with E-state index in [4.69, 9.17) is 9.57 Å². The molecule has 0 radical (unpaired) electrons. The number of amides is 1. The number of ether oxygens (including phenoxy) is 1. The van der Waals surface area contributed by atoms with Crippen molar-refractivity contribution in [3.8, 4) is 0 Å². The van der Waals surface area contributed by atoms with Gasteiger partial charge in [0.15, 0.2) is 6.29 Å². The Morgan fingerprint density at radius 3 is 2.81 bits per heavy atom. The first kappa shape index (κ1) is 13.2. The number of rotatable bonds is 6. The molecule has 4 nitrogen and oxygen atoms in total. The van der Waals surface area contributed by atoms with Gasteiger partial charge in [-0.25, -0.2) is 10.3 Å². The van der Waals surface area contributed by atoms with E-state index in [1.54, 1.807) is 13.0 Å². The van der Waals surface area contributed by atoms with Gasteiger partial charge in [-0.2, -0.15) is 0 Å². The SMILES string of the molecule is CC(C)COC(C)ONC(=O)c1cccs1. The van der Waals surface area contributed by atoms with Crippen LogP contribution in [-0.4, -0.2) is 18.8 Å². The molecule has 0 fully saturated rings. The maximum Gasteiger partial charge on any atom is 0.284 e. The number of hydrogen-bond donors (Lipinski definition) is 1. The number of carbonyl (C=O) groups is 1. The average molecular weight is 243 g/mol. The van der Waals surface area contributed by atoms with Crippen LogP contribution in [0.3, 0.4) is 0 Å². The van der Waals surface area contributed by atoms with E-state index in [1.165, 1.54) is 11.3 Å². The molecule has 0 bridgehead atoms. The van der Waals surface area contributed by atoms with Crippen molar-refractivity contribution in [3.63, 3.8) is 0 Å². The van der Waals surface area contributed by atoms with E-state index in [0.717, 1.165) is 0 Å². The molecule has 0 aliphatic heterocycles. The van der Waals surface area contributed by atoms with Gasteiger partial charge in [0, 0.05) is 0 Å². The van der Waals surface area contributed by atoms with E-state index >= 15 is 0 Å². The molecule has 1 aromatic rings. The standard InChI is InChI=1S/C11H17NO3S/c1-8(2)7-14-9(3)15-12-11(13)10-5-4-6-16-10/h4-6,8-9H,7H2,1-3H3,(H,12,13). The molecule has 0 saturated carbocycles. The van der Waals surface area contributed by atoms with E-state index in [2.05, 4.69) is 19.3 Å². The lowest BCUT2D eigenvalue weighted by Gasteiger charge is -2.14. The van der Waals surface area contributed by atoms with Crippen LogP contribution in [0.25, 0.3) is 0 Å². The quantitative estimate of drug-likeness (QED) is 0.616. The largest absolute Gasteiger partial charge is 0.350 e. The Kier molecular flexibility index (Phi) is 5.45. The van der Waals surface area contributed by atoms with Gasteiger partial charge in [-0.15, -0.1) is 11.3 Å². The van der Waals surface area contributed by atoms with Gasteiger partial charge >= 0.3 is 0 Å². The second kappa shape index (κ2) is 6.62. The first-order valence-corrected chi connectivity index (χ1v) is 6.08. The van der Waals surface area contributed by atoms with Crippen LogP contribution < -0.4 is 5.48 Å². The second-order valence-corrected chi connectivity index (χ2v) is 4.77. The minimum Gasteiger partial charge on any atom is -0.350 e. The molecule has 1 N–H and O–H groups in total. The first-order valence-electron chi connectivity index (χ1n) is 5.20. The third-order valence-corrected chi connectivity index (χ3v) is 2.60. The molecule has 0 saturated heterocycles. The Hall–Kier alpha value is -0.910. The lowest BCUT2D eigenvalue weighted by molar-refractivity contribution is -0.163. The predicted octanol–water partition coefficient (Wildman–Crippen LogP) is 2.43. The molecule has 1 amide bonds. The summed E-state index contributed by atoms with van der Waals surface area (Å²) in [5, 5.41) is 1.84. The van der Waals surface area contributed by atoms with Crippen LogP contribution in [0, 0.1) is 5.92 Å². The van der Waals surface area contributed by atoms with Crippen LogP contribution in [0.4, 0.5) is 0 Å². The van der Waals surface area contributed by atoms with E-state index in [9.17, 15) is 4.79 Å². The fourth-order valence-electron chi connectivity index (χ4n) is 0.957. The number of hydroxylamine groups is 1. The molecule has 0 spiro atoms. The summed E-state index contributed by atoms with van der Waals surface area (Å²) in [6, 6.07) is 3.56. The molecule has 0 aliphatic carbocycles. The highest BCUT2D eigenvalue weighted by Crippen LogP contribution is 2.08. The summed E-state index contributed by atoms with van der Waals surface area (Å²) in [7, 11) is 0. The van der Waals surface area contributed by atoms with Gasteiger partial charge in [-0.1, -0.05) is 19.9 Å². The lowest BCUT2D eigenvalue weighted by atomic mass is 10.2. The third-order valence-electron chi connectivity index (χ3n) is 1.73. The minimum absolute atomic E-state index is 0.241. The van der Waals surface area contributed by atoms with Gasteiger partial charge in [0.1, 0.15) is 0 Å². The number of thiophene rings is 1. The van der Waals surface area contributed by atoms with E-state index in [1.807, 2.05) is 11.4 Å². The molecule has 90 valence electrons. The third kappa shape index (κ3) is 4.74. The van der Waals surface area contributed by atoms with Gasteiger partial charge in [0.05, 0.1) is 11.5 Å². The Bertz CT molecular complexity index is 311. The van der Waals surface area contributed by atoms with Crippen molar-refractivity contribution in [2.45, 2.75) is 27.1 Å². The topological polar surface area (TPSA) is 47.6 Å². The summed E-state index contributed by atoms with van der Waals surface area (Å²) < 4.78 is 5.34. The summed E-state index contributed by atoms with van der Waals surface area (Å²) in [6.45, 7) is 6.46. The van der Waals surface area contributed by atoms with Crippen LogP contribution in [0.2, 0.25) is 0 Å². The monoisotopic (exact) mass is 243 g/mol. The van der Waals surface area contributed by atoms with E-state index in [-0.39, 0.29) is 5.91 Å². The summed E-state index contributed by atoms with van der Waals surface area (Å²) in [5.74, 6) is 0.203. The van der Waals surface area contributed by atoms with E-state index in [0.29, 0.717) is 17.4 Å². The average Bonchev–Trinajstić information content (AvgIpc) is 2.76. The lowest BCUT2D eigenvalue weighted by Crippen LogP contribution is -2.29. The molecule has 5 heteroatoms. The molecule has 1 aromatic heterocycles. The maximum atomic E-state index is 11.5. The van der Waals surface area contributed by atoms with Crippen LogP contribution in [-0.2, 0) is 9.57 Å². The van der Waals surface area contributed by atoms with Gasteiger partial charge in [-0.3, -0.25) is 4.79 Å². The minimum atomic E-state index is -0.439. The smallest absolute Gasteiger partial charge is 0.284 e. The van der Waals surface area contributed by atoms with Crippen LogP contribution in [0.1, 0.15) is 30.4 Å². The molecule has 1 heterocycles. The van der Waals surface area contributed by atoms with Gasteiger partial charge < -0.3 is 4.74 Å². The Balaban J connectivity index is 2.21. The van der Waals surface area contributed by atoms with Crippen LogP contribution >= 0.6 is 11.3 Å². The predicted molar refractivity (Wildman–Crippen MR) is 63.1 cm³/mol. The molecule has 0 aliphatic rings. The Morgan fingerprint density at radius 1 is 1.50 bits per heavy atom. The molecular formula is C11H17NO3S. The molecular weight excluding hydrogens is 226 g/mol. The number of hydrogen-bond acceptors (Lipinski definition) is 4. The van der Waals surface area contributed by atoms with Crippen molar-refractivity contribution in [1.82, 2.24) is 5.48 Å². The first-order chi connectivity index (χ1) is 7.59. The molecule has 1 rings (SSSR count). The fraction of sp³-hybridized carbons (Fsp3) is 0.545. The van der Waals surface area contributed by atoms with Gasteiger partial charge in [-0.05, 0) is 24.3 Å². The number of nitrogens with one attached hydrogen (secondary N) is 1. The zero-order chi connectivity index (χ0) is 12.0. The van der Waals surface area contributed by atoms with Gasteiger partial charge in [0.2, 0.25) is 0 Å². The maximum absolute atomic E-state index is 11.5. The van der Waals surface area contributed by atoms with E-state index < -0.39 is 6.29 Å². The normalized spacial score (nSPS) is 12.8. The molecule has 1 unspecified atom stereocenters. The van der Waals surface area contributed by atoms with Crippen molar-refractivity contribution in [3.05, 3.63) is 22.4 Å². The Morgan fingerprint density at radius 2 is 2.25 bits per heavy atom. The zero-order valence-corrected chi connectivity index (χ0v) is 10.5. The van der Waals surface area contributed by atoms with Crippen LogP contribution in [0.15, 0.2) is 17.5 Å². The summed E-state index contributed by atoms with van der Waals surface area (Å²) >= 11 is 1.37. The highest BCUT2D eigenvalue weighted by atomic mass is 32.1. The second-order valence-electron chi connectivity index (χ2n) is 3.82. The van der Waals surface area contributed by atoms with Crippen molar-refractivity contribution in [1.29, 1.82) is 0 Å². The number of carbonyl (C=O) groups excluding carboxylic acids is 1. The zero-order valence-electron chi connectivity index (χ0n) is 9.73. The van der Waals surface area contributed by atoms with Crippen molar-refractivity contribution in [2.75, 3.05) is 6.61 Å². The summed E-state index contributed by atoms with van der Waals surface area (Å²) in [4.78, 5) is 17.2. The Labute approximate surface area is 99.5 Å².